The van der Waals surface area contributed by atoms with Crippen molar-refractivity contribution in [2.45, 2.75) is 39.2 Å². The van der Waals surface area contributed by atoms with E-state index in [0.717, 1.165) is 47.6 Å². The van der Waals surface area contributed by atoms with E-state index in [2.05, 4.69) is 10.6 Å². The molecule has 1 atom stereocenters. The van der Waals surface area contributed by atoms with E-state index in [0.29, 0.717) is 13.2 Å². The molecule has 2 amide bonds. The normalized spacial score (nSPS) is 16.7. The van der Waals surface area contributed by atoms with E-state index >= 15 is 0 Å². The summed E-state index contributed by atoms with van der Waals surface area (Å²) >= 11 is 0. The highest BCUT2D eigenvalue weighted by molar-refractivity contribution is 5.93. The molecule has 1 unspecified atom stereocenters. The van der Waals surface area contributed by atoms with Gasteiger partial charge in [0.25, 0.3) is 0 Å². The summed E-state index contributed by atoms with van der Waals surface area (Å²) in [5, 5.41) is 5.87. The smallest absolute Gasteiger partial charge is 0.319 e. The average molecular weight is 276 g/mol. The van der Waals surface area contributed by atoms with Crippen LogP contribution in [0.4, 0.5) is 10.5 Å². The number of carbonyl (C=O) groups excluding carboxylic acids is 1. The number of hydrogen-bond donors (Lipinski definition) is 2. The molecule has 0 aromatic heterocycles. The number of ether oxygens (including phenoxy) is 2. The van der Waals surface area contributed by atoms with Gasteiger partial charge in [0, 0.05) is 30.0 Å². The summed E-state index contributed by atoms with van der Waals surface area (Å²) in [6, 6.07) is 2.01. The molecule has 0 bridgehead atoms. The molecule has 0 radical (unpaired) electrons. The fourth-order valence-electron chi connectivity index (χ4n) is 2.59. The predicted octanol–water partition coefficient (Wildman–Crippen LogP) is 2.48. The third-order valence-corrected chi connectivity index (χ3v) is 3.88. The Morgan fingerprint density at radius 2 is 2.15 bits per heavy atom. The molecule has 1 aromatic rings. The van der Waals surface area contributed by atoms with E-state index in [-0.39, 0.29) is 12.1 Å². The number of anilines is 1. The van der Waals surface area contributed by atoms with Crippen LogP contribution in [0.15, 0.2) is 6.07 Å². The second kappa shape index (κ2) is 5.23. The molecule has 5 nitrogen and oxygen atoms in total. The Hall–Kier alpha value is -1.91. The third-order valence-electron chi connectivity index (χ3n) is 3.88. The van der Waals surface area contributed by atoms with Crippen molar-refractivity contribution in [1.29, 1.82) is 0 Å². The molecule has 0 spiro atoms. The number of urea groups is 1. The molecule has 0 fully saturated rings. The minimum absolute atomic E-state index is 0.150. The monoisotopic (exact) mass is 276 g/mol. The van der Waals surface area contributed by atoms with Crippen LogP contribution in [0, 0.1) is 0 Å². The molecule has 108 valence electrons. The summed E-state index contributed by atoms with van der Waals surface area (Å²) < 4.78 is 11.3. The van der Waals surface area contributed by atoms with Crippen molar-refractivity contribution < 1.29 is 14.3 Å². The molecule has 0 aliphatic carbocycles. The lowest BCUT2D eigenvalue weighted by molar-refractivity contribution is 0.248. The van der Waals surface area contributed by atoms with Gasteiger partial charge in [-0.05, 0) is 19.4 Å². The zero-order valence-electron chi connectivity index (χ0n) is 11.9. The lowest BCUT2D eigenvalue weighted by atomic mass is 10.0. The molecule has 2 aliphatic rings. The average Bonchev–Trinajstić information content (AvgIpc) is 3.06. The predicted molar refractivity (Wildman–Crippen MR) is 76.7 cm³/mol. The second-order valence-corrected chi connectivity index (χ2v) is 5.32. The highest BCUT2D eigenvalue weighted by Gasteiger charge is 2.27. The Kier molecular flexibility index (Phi) is 3.42. The van der Waals surface area contributed by atoms with Gasteiger partial charge in [-0.3, -0.25) is 0 Å². The summed E-state index contributed by atoms with van der Waals surface area (Å²) in [6.07, 6.45) is 2.58. The summed E-state index contributed by atoms with van der Waals surface area (Å²) in [6.45, 7) is 5.36. The van der Waals surface area contributed by atoms with Gasteiger partial charge < -0.3 is 20.1 Å². The maximum Gasteiger partial charge on any atom is 0.319 e. The van der Waals surface area contributed by atoms with Crippen LogP contribution in [0.2, 0.25) is 0 Å². The van der Waals surface area contributed by atoms with E-state index in [1.54, 1.807) is 0 Å². The van der Waals surface area contributed by atoms with Crippen LogP contribution in [0.1, 0.15) is 31.4 Å². The minimum Gasteiger partial charge on any atom is -0.493 e. The number of benzene rings is 1. The SMILES string of the molecule is CCC(C)NC(=O)Nc1c2c(cc3c1OCC3)OCC2. The van der Waals surface area contributed by atoms with Crippen LogP contribution in [-0.2, 0) is 12.8 Å². The zero-order chi connectivity index (χ0) is 14.1. The molecule has 5 heteroatoms. The lowest BCUT2D eigenvalue weighted by Crippen LogP contribution is -2.35. The topological polar surface area (TPSA) is 59.6 Å². The van der Waals surface area contributed by atoms with Gasteiger partial charge in [0.15, 0.2) is 0 Å². The summed E-state index contributed by atoms with van der Waals surface area (Å²) in [4.78, 5) is 12.1. The Morgan fingerprint density at radius 1 is 1.35 bits per heavy atom. The van der Waals surface area contributed by atoms with Crippen LogP contribution in [0.5, 0.6) is 11.5 Å². The van der Waals surface area contributed by atoms with E-state index in [1.165, 1.54) is 0 Å². The number of amides is 2. The molecule has 2 heterocycles. The quantitative estimate of drug-likeness (QED) is 0.891. The van der Waals surface area contributed by atoms with Crippen molar-refractivity contribution in [2.75, 3.05) is 18.5 Å². The Morgan fingerprint density at radius 3 is 2.95 bits per heavy atom. The van der Waals surface area contributed by atoms with Gasteiger partial charge in [-0.25, -0.2) is 4.79 Å². The second-order valence-electron chi connectivity index (χ2n) is 5.32. The van der Waals surface area contributed by atoms with Crippen LogP contribution < -0.4 is 20.1 Å². The number of nitrogens with one attached hydrogen (secondary N) is 2. The minimum atomic E-state index is -0.183. The summed E-state index contributed by atoms with van der Waals surface area (Å²) in [5.41, 5.74) is 2.95. The van der Waals surface area contributed by atoms with Gasteiger partial charge in [0.05, 0.1) is 18.9 Å². The van der Waals surface area contributed by atoms with Crippen molar-refractivity contribution in [3.8, 4) is 11.5 Å². The number of fused-ring (bicyclic) bond motifs is 2. The van der Waals surface area contributed by atoms with Crippen LogP contribution in [0.25, 0.3) is 0 Å². The van der Waals surface area contributed by atoms with Gasteiger partial charge in [-0.1, -0.05) is 6.92 Å². The number of rotatable bonds is 3. The van der Waals surface area contributed by atoms with Gasteiger partial charge in [-0.15, -0.1) is 0 Å². The molecule has 1 aromatic carbocycles. The molecular weight excluding hydrogens is 256 g/mol. The molecule has 0 saturated heterocycles. The van der Waals surface area contributed by atoms with Gasteiger partial charge in [0.2, 0.25) is 0 Å². The van der Waals surface area contributed by atoms with Gasteiger partial charge >= 0.3 is 6.03 Å². The van der Waals surface area contributed by atoms with Crippen molar-refractivity contribution in [3.05, 3.63) is 17.2 Å². The largest absolute Gasteiger partial charge is 0.493 e. The maximum atomic E-state index is 12.1. The molecular formula is C15H20N2O3. The molecule has 3 rings (SSSR count). The van der Waals surface area contributed by atoms with E-state index in [9.17, 15) is 4.79 Å². The number of hydrogen-bond acceptors (Lipinski definition) is 3. The zero-order valence-corrected chi connectivity index (χ0v) is 11.9. The molecule has 2 aliphatic heterocycles. The van der Waals surface area contributed by atoms with Crippen molar-refractivity contribution >= 4 is 11.7 Å². The van der Waals surface area contributed by atoms with Crippen molar-refractivity contribution in [2.24, 2.45) is 0 Å². The molecule has 0 saturated carbocycles. The van der Waals surface area contributed by atoms with Crippen LogP contribution in [-0.4, -0.2) is 25.3 Å². The van der Waals surface area contributed by atoms with E-state index in [4.69, 9.17) is 9.47 Å². The standard InChI is InChI=1S/C15H20N2O3/c1-3-9(2)16-15(18)17-13-11-5-7-19-12(11)8-10-4-6-20-14(10)13/h8-9H,3-7H2,1-2H3,(H2,16,17,18). The first-order valence-corrected chi connectivity index (χ1v) is 7.21. The van der Waals surface area contributed by atoms with Crippen molar-refractivity contribution in [3.63, 3.8) is 0 Å². The first kappa shape index (κ1) is 13.1. The Balaban J connectivity index is 1.87. The third kappa shape index (κ3) is 2.28. The molecule has 2 N–H and O–H groups in total. The van der Waals surface area contributed by atoms with Crippen LogP contribution >= 0.6 is 0 Å². The van der Waals surface area contributed by atoms with Crippen LogP contribution in [0.3, 0.4) is 0 Å². The first-order chi connectivity index (χ1) is 9.69. The Labute approximate surface area is 118 Å². The number of carbonyl (C=O) groups is 1. The maximum absolute atomic E-state index is 12.1. The fraction of sp³-hybridized carbons (Fsp3) is 0.533. The van der Waals surface area contributed by atoms with Gasteiger partial charge in [-0.2, -0.15) is 0 Å². The van der Waals surface area contributed by atoms with E-state index < -0.39 is 0 Å². The lowest BCUT2D eigenvalue weighted by Gasteiger charge is -2.16. The summed E-state index contributed by atoms with van der Waals surface area (Å²) in [5.74, 6) is 1.70. The Bertz CT molecular complexity index is 510. The molecule has 20 heavy (non-hydrogen) atoms. The summed E-state index contributed by atoms with van der Waals surface area (Å²) in [7, 11) is 0. The van der Waals surface area contributed by atoms with E-state index in [1.807, 2.05) is 19.9 Å². The van der Waals surface area contributed by atoms with Gasteiger partial charge in [0.1, 0.15) is 11.5 Å². The highest BCUT2D eigenvalue weighted by Crippen LogP contribution is 2.44. The first-order valence-electron chi connectivity index (χ1n) is 7.21. The van der Waals surface area contributed by atoms with Crippen molar-refractivity contribution in [1.82, 2.24) is 5.32 Å². The highest BCUT2D eigenvalue weighted by atomic mass is 16.5. The fourth-order valence-corrected chi connectivity index (χ4v) is 2.59.